The van der Waals surface area contributed by atoms with Gasteiger partial charge in [-0.1, -0.05) is 12.1 Å². The van der Waals surface area contributed by atoms with Crippen molar-refractivity contribution in [2.24, 2.45) is 0 Å². The number of benzene rings is 2. The maximum Gasteiger partial charge on any atom is 0.407 e. The van der Waals surface area contributed by atoms with Gasteiger partial charge in [0.15, 0.2) is 0 Å². The first-order valence-electron chi connectivity index (χ1n) is 9.49. The van der Waals surface area contributed by atoms with Crippen LogP contribution < -0.4 is 16.0 Å². The Morgan fingerprint density at radius 2 is 1.97 bits per heavy atom. The topological polar surface area (TPSA) is 108 Å². The van der Waals surface area contributed by atoms with Crippen molar-refractivity contribution in [2.75, 3.05) is 49.3 Å². The van der Waals surface area contributed by atoms with Crippen molar-refractivity contribution in [2.45, 2.75) is 12.5 Å². The molecule has 0 aliphatic carbocycles. The molecule has 4 N–H and O–H groups in total. The molecule has 8 nitrogen and oxygen atoms in total. The summed E-state index contributed by atoms with van der Waals surface area (Å²) in [6, 6.07) is 14.3. The predicted octanol–water partition coefficient (Wildman–Crippen LogP) is 2.73. The van der Waals surface area contributed by atoms with Gasteiger partial charge < -0.3 is 30.7 Å². The summed E-state index contributed by atoms with van der Waals surface area (Å²) in [5.41, 5.74) is 8.44. The molecule has 2 aromatic carbocycles. The van der Waals surface area contributed by atoms with Gasteiger partial charge in [0.1, 0.15) is 0 Å². The second kappa shape index (κ2) is 9.29. The number of amides is 2. The Kier molecular flexibility index (Phi) is 6.56. The Bertz CT molecular complexity index is 856. The molecule has 3 rings (SSSR count). The van der Waals surface area contributed by atoms with Crippen LogP contribution in [0, 0.1) is 0 Å². The van der Waals surface area contributed by atoms with E-state index in [1.165, 1.54) is 4.90 Å². The van der Waals surface area contributed by atoms with E-state index < -0.39 is 6.09 Å². The normalized spacial score (nSPS) is 15.9. The number of nitrogen functional groups attached to an aromatic ring is 1. The fourth-order valence-electron chi connectivity index (χ4n) is 3.48. The van der Waals surface area contributed by atoms with Crippen LogP contribution in [-0.4, -0.2) is 61.4 Å². The lowest BCUT2D eigenvalue weighted by Crippen LogP contribution is -2.43. The van der Waals surface area contributed by atoms with E-state index in [1.54, 1.807) is 31.4 Å². The molecule has 8 heteroatoms. The fraction of sp³-hybridized carbons (Fsp3) is 0.333. The second-order valence-corrected chi connectivity index (χ2v) is 6.95. The molecule has 2 aromatic rings. The average molecular weight is 398 g/mol. The highest BCUT2D eigenvalue weighted by atomic mass is 16.5. The number of para-hydroxylation sites is 2. The van der Waals surface area contributed by atoms with Crippen molar-refractivity contribution in [3.63, 3.8) is 0 Å². The maximum absolute atomic E-state index is 12.5. The number of nitrogens with one attached hydrogen (secondary N) is 1. The highest BCUT2D eigenvalue weighted by Gasteiger charge is 2.30. The largest absolute Gasteiger partial charge is 0.465 e. The second-order valence-electron chi connectivity index (χ2n) is 6.95. The Morgan fingerprint density at radius 1 is 1.24 bits per heavy atom. The number of methoxy groups -OCH3 is 1. The number of hydrogen-bond donors (Lipinski definition) is 3. The lowest BCUT2D eigenvalue weighted by atomic mass is 10.1. The Hall–Kier alpha value is -3.26. The Labute approximate surface area is 169 Å². The number of nitrogens with zero attached hydrogens (tertiary/aromatic N) is 2. The lowest BCUT2D eigenvalue weighted by Gasteiger charge is -2.26. The van der Waals surface area contributed by atoms with Crippen molar-refractivity contribution in [3.8, 4) is 0 Å². The molecule has 1 fully saturated rings. The smallest absolute Gasteiger partial charge is 0.407 e. The number of hydrogen-bond acceptors (Lipinski definition) is 5. The summed E-state index contributed by atoms with van der Waals surface area (Å²) < 4.78 is 5.01. The number of anilines is 3. The number of rotatable bonds is 7. The zero-order chi connectivity index (χ0) is 20.8. The molecule has 1 aliphatic heterocycles. The predicted molar refractivity (Wildman–Crippen MR) is 112 cm³/mol. The van der Waals surface area contributed by atoms with E-state index >= 15 is 0 Å². The highest BCUT2D eigenvalue weighted by Crippen LogP contribution is 2.24. The van der Waals surface area contributed by atoms with Crippen LogP contribution in [0.3, 0.4) is 0 Å². The quantitative estimate of drug-likeness (QED) is 0.619. The Morgan fingerprint density at radius 3 is 2.62 bits per heavy atom. The van der Waals surface area contributed by atoms with Crippen LogP contribution in [0.1, 0.15) is 16.8 Å². The summed E-state index contributed by atoms with van der Waals surface area (Å²) in [4.78, 5) is 27.5. The number of ether oxygens (including phenoxy) is 1. The molecule has 0 bridgehead atoms. The van der Waals surface area contributed by atoms with Crippen LogP contribution in [0.5, 0.6) is 0 Å². The van der Waals surface area contributed by atoms with Crippen molar-refractivity contribution in [3.05, 3.63) is 54.1 Å². The molecule has 0 radical (unpaired) electrons. The van der Waals surface area contributed by atoms with Gasteiger partial charge in [-0.25, -0.2) is 4.79 Å². The van der Waals surface area contributed by atoms with Crippen LogP contribution in [0.25, 0.3) is 0 Å². The third kappa shape index (κ3) is 4.97. The van der Waals surface area contributed by atoms with E-state index in [2.05, 4.69) is 10.2 Å². The first-order chi connectivity index (χ1) is 14.0. The van der Waals surface area contributed by atoms with Crippen molar-refractivity contribution in [1.82, 2.24) is 4.90 Å². The van der Waals surface area contributed by atoms with Crippen LogP contribution in [0.15, 0.2) is 48.5 Å². The van der Waals surface area contributed by atoms with Gasteiger partial charge in [-0.15, -0.1) is 0 Å². The van der Waals surface area contributed by atoms with Crippen LogP contribution in [0.2, 0.25) is 0 Å². The average Bonchev–Trinajstić information content (AvgIpc) is 3.19. The molecule has 1 aliphatic rings. The molecule has 29 heavy (non-hydrogen) atoms. The Balaban J connectivity index is 1.62. The minimum atomic E-state index is -0.930. The summed E-state index contributed by atoms with van der Waals surface area (Å²) in [7, 11) is 1.56. The van der Waals surface area contributed by atoms with Crippen LogP contribution >= 0.6 is 0 Å². The zero-order valence-electron chi connectivity index (χ0n) is 16.4. The van der Waals surface area contributed by atoms with Gasteiger partial charge in [0.2, 0.25) is 0 Å². The van der Waals surface area contributed by atoms with E-state index in [9.17, 15) is 14.7 Å². The standard InChI is InChI=1S/C21H26N4O4/c1-29-13-12-25(21(27)28)17-10-11-24(14-17)16-8-6-15(7-9-16)20(26)23-19-5-3-2-4-18(19)22/h2-9,17H,10-14,22H2,1H3,(H,23,26)(H,27,28). The summed E-state index contributed by atoms with van der Waals surface area (Å²) in [6.07, 6.45) is -0.174. The lowest BCUT2D eigenvalue weighted by molar-refractivity contribution is 0.101. The van der Waals surface area contributed by atoms with Gasteiger partial charge in [0.25, 0.3) is 5.91 Å². The minimum Gasteiger partial charge on any atom is -0.465 e. The molecule has 154 valence electrons. The minimum absolute atomic E-state index is 0.0771. The first kappa shape index (κ1) is 20.5. The molecule has 1 atom stereocenters. The van der Waals surface area contributed by atoms with Gasteiger partial charge >= 0.3 is 6.09 Å². The van der Waals surface area contributed by atoms with Gasteiger partial charge in [0, 0.05) is 38.0 Å². The van der Waals surface area contributed by atoms with E-state index in [1.807, 2.05) is 24.3 Å². The molecule has 1 saturated heterocycles. The fourth-order valence-corrected chi connectivity index (χ4v) is 3.48. The maximum atomic E-state index is 12.5. The SMILES string of the molecule is COCCN(C(=O)O)C1CCN(c2ccc(C(=O)Nc3ccccc3N)cc2)C1. The number of nitrogens with two attached hydrogens (primary N) is 1. The summed E-state index contributed by atoms with van der Waals surface area (Å²) in [5, 5.41) is 12.3. The van der Waals surface area contributed by atoms with Crippen LogP contribution in [0.4, 0.5) is 21.9 Å². The van der Waals surface area contributed by atoms with Gasteiger partial charge in [0.05, 0.1) is 24.0 Å². The highest BCUT2D eigenvalue weighted by molar-refractivity contribution is 6.05. The van der Waals surface area contributed by atoms with Crippen molar-refractivity contribution in [1.29, 1.82) is 0 Å². The van der Waals surface area contributed by atoms with Gasteiger partial charge in [-0.2, -0.15) is 0 Å². The molecule has 2 amide bonds. The third-order valence-electron chi connectivity index (χ3n) is 5.09. The zero-order valence-corrected chi connectivity index (χ0v) is 16.4. The van der Waals surface area contributed by atoms with Gasteiger partial charge in [-0.05, 0) is 42.8 Å². The van der Waals surface area contributed by atoms with Crippen molar-refractivity contribution < 1.29 is 19.4 Å². The summed E-state index contributed by atoms with van der Waals surface area (Å²) in [5.74, 6) is -0.231. The summed E-state index contributed by atoms with van der Waals surface area (Å²) >= 11 is 0. The van der Waals surface area contributed by atoms with E-state index in [4.69, 9.17) is 10.5 Å². The monoisotopic (exact) mass is 398 g/mol. The molecule has 0 aromatic heterocycles. The van der Waals surface area contributed by atoms with Crippen LogP contribution in [-0.2, 0) is 4.74 Å². The molecule has 0 spiro atoms. The van der Waals surface area contributed by atoms with Crippen molar-refractivity contribution >= 4 is 29.1 Å². The molecule has 0 saturated carbocycles. The molecular weight excluding hydrogens is 372 g/mol. The van der Waals surface area contributed by atoms with E-state index in [0.717, 1.165) is 18.7 Å². The first-order valence-corrected chi connectivity index (χ1v) is 9.49. The number of carboxylic acid groups (broad SMARTS) is 1. The number of carbonyl (C=O) groups excluding carboxylic acids is 1. The molecular formula is C21H26N4O4. The van der Waals surface area contributed by atoms with Gasteiger partial charge in [-0.3, -0.25) is 4.79 Å². The number of carbonyl (C=O) groups is 2. The summed E-state index contributed by atoms with van der Waals surface area (Å²) in [6.45, 7) is 2.10. The molecule has 1 unspecified atom stereocenters. The van der Waals surface area contributed by atoms with E-state index in [0.29, 0.717) is 36.6 Å². The third-order valence-corrected chi connectivity index (χ3v) is 5.09. The molecule has 1 heterocycles. The van der Waals surface area contributed by atoms with E-state index in [-0.39, 0.29) is 11.9 Å².